The Hall–Kier alpha value is -2.65. The highest BCUT2D eigenvalue weighted by molar-refractivity contribution is 9.10. The number of halogens is 2. The second-order valence-electron chi connectivity index (χ2n) is 5.30. The second-order valence-corrected chi connectivity index (χ2v) is 6.49. The third-order valence-corrected chi connectivity index (χ3v) is 4.13. The highest BCUT2D eigenvalue weighted by Gasteiger charge is 2.19. The Kier molecular flexibility index (Phi) is 5.38. The average Bonchev–Trinajstić information content (AvgIpc) is 3.23. The van der Waals surface area contributed by atoms with E-state index in [1.807, 2.05) is 6.07 Å². The van der Waals surface area contributed by atoms with E-state index >= 15 is 0 Å². The molecule has 0 aliphatic heterocycles. The molecular formula is C16H13BrClN5O3. The number of hydrogen-bond donors (Lipinski definition) is 2. The normalized spacial score (nSPS) is 10.6. The van der Waals surface area contributed by atoms with Crippen LogP contribution in [0.25, 0.3) is 11.4 Å². The molecule has 0 aliphatic carbocycles. The number of furan rings is 1. The molecule has 2 heterocycles. The van der Waals surface area contributed by atoms with Crippen LogP contribution in [0.1, 0.15) is 10.6 Å². The van der Waals surface area contributed by atoms with Crippen molar-refractivity contribution < 1.29 is 14.0 Å². The first-order valence-electron chi connectivity index (χ1n) is 7.42. The molecule has 0 bridgehead atoms. The molecule has 0 atom stereocenters. The minimum Gasteiger partial charge on any atom is -0.444 e. The van der Waals surface area contributed by atoms with Gasteiger partial charge in [0.1, 0.15) is 6.54 Å². The molecule has 0 radical (unpaired) electrons. The number of nitrogens with zero attached hydrogens (tertiary/aromatic N) is 3. The molecule has 2 aromatic heterocycles. The quantitative estimate of drug-likeness (QED) is 0.636. The van der Waals surface area contributed by atoms with E-state index in [0.717, 1.165) is 0 Å². The van der Waals surface area contributed by atoms with E-state index in [0.29, 0.717) is 21.1 Å². The van der Waals surface area contributed by atoms with Crippen LogP contribution in [0.3, 0.4) is 0 Å². The summed E-state index contributed by atoms with van der Waals surface area (Å²) in [5, 5.41) is 9.68. The summed E-state index contributed by atoms with van der Waals surface area (Å²) in [4.78, 5) is 29.7. The predicted molar refractivity (Wildman–Crippen MR) is 98.8 cm³/mol. The zero-order chi connectivity index (χ0) is 18.7. The maximum atomic E-state index is 12.2. The first-order chi connectivity index (χ1) is 12.4. The zero-order valence-electron chi connectivity index (χ0n) is 13.5. The van der Waals surface area contributed by atoms with E-state index in [1.54, 1.807) is 24.3 Å². The fourth-order valence-electron chi connectivity index (χ4n) is 2.16. The van der Waals surface area contributed by atoms with Crippen LogP contribution in [0.2, 0.25) is 5.02 Å². The summed E-state index contributed by atoms with van der Waals surface area (Å²) in [7, 11) is 1.49. The summed E-state index contributed by atoms with van der Waals surface area (Å²) in [5.41, 5.74) is 0.665. The van der Waals surface area contributed by atoms with Crippen molar-refractivity contribution >= 4 is 45.3 Å². The van der Waals surface area contributed by atoms with Crippen LogP contribution < -0.4 is 5.32 Å². The zero-order valence-corrected chi connectivity index (χ0v) is 15.8. The van der Waals surface area contributed by atoms with Gasteiger partial charge in [0.15, 0.2) is 16.3 Å². The fourth-order valence-corrected chi connectivity index (χ4v) is 2.69. The molecule has 0 unspecified atom stereocenters. The van der Waals surface area contributed by atoms with Crippen molar-refractivity contribution in [1.82, 2.24) is 20.1 Å². The summed E-state index contributed by atoms with van der Waals surface area (Å²) in [6.07, 6.45) is 0. The maximum absolute atomic E-state index is 12.2. The third-order valence-electron chi connectivity index (χ3n) is 3.38. The summed E-state index contributed by atoms with van der Waals surface area (Å²) < 4.78 is 5.62. The molecule has 10 heteroatoms. The first-order valence-corrected chi connectivity index (χ1v) is 8.59. The van der Waals surface area contributed by atoms with Crippen LogP contribution in [0.4, 0.5) is 5.95 Å². The van der Waals surface area contributed by atoms with Gasteiger partial charge in [0.25, 0.3) is 5.91 Å². The largest absolute Gasteiger partial charge is 0.444 e. The molecule has 26 heavy (non-hydrogen) atoms. The van der Waals surface area contributed by atoms with Gasteiger partial charge >= 0.3 is 0 Å². The van der Waals surface area contributed by atoms with Gasteiger partial charge in [-0.05, 0) is 40.2 Å². The van der Waals surface area contributed by atoms with Crippen molar-refractivity contribution in [2.45, 2.75) is 0 Å². The number of rotatable bonds is 5. The van der Waals surface area contributed by atoms with Crippen molar-refractivity contribution in [2.75, 3.05) is 18.9 Å². The van der Waals surface area contributed by atoms with Crippen molar-refractivity contribution in [2.24, 2.45) is 0 Å². The van der Waals surface area contributed by atoms with Crippen LogP contribution in [-0.4, -0.2) is 45.5 Å². The Morgan fingerprint density at radius 2 is 2.08 bits per heavy atom. The number of carbonyl (C=O) groups is 2. The standard InChI is InChI=1S/C16H13BrClN5O3/c1-23(15(25)11-6-7-12(17)26-11)8-13(24)19-16-20-14(21-22-16)9-4-2-3-5-10(9)18/h2-7H,8H2,1H3,(H2,19,20,21,22,24). The number of carbonyl (C=O) groups excluding carboxylic acids is 2. The molecule has 3 aromatic rings. The van der Waals surface area contributed by atoms with Crippen LogP contribution in [0.15, 0.2) is 45.5 Å². The molecule has 0 fully saturated rings. The molecule has 0 aliphatic rings. The highest BCUT2D eigenvalue weighted by Crippen LogP contribution is 2.24. The van der Waals surface area contributed by atoms with Gasteiger partial charge in [0, 0.05) is 12.6 Å². The Morgan fingerprint density at radius 1 is 1.31 bits per heavy atom. The summed E-state index contributed by atoms with van der Waals surface area (Å²) in [6, 6.07) is 10.2. The van der Waals surface area contributed by atoms with Crippen molar-refractivity contribution in [3.63, 3.8) is 0 Å². The van der Waals surface area contributed by atoms with Gasteiger partial charge in [-0.1, -0.05) is 23.7 Å². The van der Waals surface area contributed by atoms with Crippen molar-refractivity contribution in [1.29, 1.82) is 0 Å². The predicted octanol–water partition coefficient (Wildman–Crippen LogP) is 3.19. The van der Waals surface area contributed by atoms with Gasteiger partial charge in [-0.15, -0.1) is 5.10 Å². The number of likely N-dealkylation sites (N-methyl/N-ethyl adjacent to an activating group) is 1. The maximum Gasteiger partial charge on any atom is 0.289 e. The topological polar surface area (TPSA) is 104 Å². The smallest absolute Gasteiger partial charge is 0.289 e. The van der Waals surface area contributed by atoms with Gasteiger partial charge < -0.3 is 9.32 Å². The summed E-state index contributed by atoms with van der Waals surface area (Å²) in [5.74, 6) is -0.220. The number of hydrogen-bond acceptors (Lipinski definition) is 5. The number of nitrogens with one attached hydrogen (secondary N) is 2. The number of aromatic nitrogens is 3. The number of H-pyrrole nitrogens is 1. The lowest BCUT2D eigenvalue weighted by Gasteiger charge is -2.14. The van der Waals surface area contributed by atoms with Gasteiger partial charge in [0.2, 0.25) is 11.9 Å². The fraction of sp³-hybridized carbons (Fsp3) is 0.125. The number of anilines is 1. The lowest BCUT2D eigenvalue weighted by atomic mass is 10.2. The SMILES string of the molecule is CN(CC(=O)Nc1n[nH]c(-c2ccccc2Cl)n1)C(=O)c1ccc(Br)o1. The molecule has 134 valence electrons. The van der Waals surface area contributed by atoms with Gasteiger partial charge in [-0.2, -0.15) is 4.98 Å². The van der Waals surface area contributed by atoms with E-state index < -0.39 is 11.8 Å². The van der Waals surface area contributed by atoms with Crippen molar-refractivity contribution in [3.05, 3.63) is 51.9 Å². The Morgan fingerprint density at radius 3 is 2.77 bits per heavy atom. The first kappa shape index (κ1) is 18.2. The lowest BCUT2D eigenvalue weighted by molar-refractivity contribution is -0.116. The number of aromatic amines is 1. The molecule has 0 saturated heterocycles. The minimum atomic E-state index is -0.448. The minimum absolute atomic E-state index is 0.0894. The second kappa shape index (κ2) is 7.71. The molecule has 0 saturated carbocycles. The van der Waals surface area contributed by atoms with Crippen LogP contribution >= 0.6 is 27.5 Å². The lowest BCUT2D eigenvalue weighted by Crippen LogP contribution is -2.34. The number of benzene rings is 1. The van der Waals surface area contributed by atoms with Crippen molar-refractivity contribution in [3.8, 4) is 11.4 Å². The molecular weight excluding hydrogens is 426 g/mol. The Balaban J connectivity index is 1.62. The average molecular weight is 439 g/mol. The molecule has 2 amide bonds. The monoisotopic (exact) mass is 437 g/mol. The highest BCUT2D eigenvalue weighted by atomic mass is 79.9. The Labute approximate surface area is 161 Å². The molecule has 0 spiro atoms. The van der Waals surface area contributed by atoms with E-state index in [4.69, 9.17) is 16.0 Å². The van der Waals surface area contributed by atoms with E-state index in [9.17, 15) is 9.59 Å². The summed E-state index contributed by atoms with van der Waals surface area (Å²) in [6.45, 7) is -0.187. The van der Waals surface area contributed by atoms with E-state index in [-0.39, 0.29) is 18.3 Å². The van der Waals surface area contributed by atoms with Gasteiger partial charge in [0.05, 0.1) is 5.02 Å². The van der Waals surface area contributed by atoms with E-state index in [1.165, 1.54) is 18.0 Å². The van der Waals surface area contributed by atoms with E-state index in [2.05, 4.69) is 36.4 Å². The van der Waals surface area contributed by atoms with Crippen LogP contribution in [0.5, 0.6) is 0 Å². The molecule has 8 nitrogen and oxygen atoms in total. The van der Waals surface area contributed by atoms with Gasteiger partial charge in [-0.3, -0.25) is 20.0 Å². The van der Waals surface area contributed by atoms with Gasteiger partial charge in [-0.25, -0.2) is 0 Å². The molecule has 3 rings (SSSR count). The number of amides is 2. The third kappa shape index (κ3) is 4.12. The summed E-state index contributed by atoms with van der Waals surface area (Å²) >= 11 is 9.23. The molecule has 1 aromatic carbocycles. The van der Waals surface area contributed by atoms with Crippen LogP contribution in [0, 0.1) is 0 Å². The molecule has 2 N–H and O–H groups in total. The Bertz CT molecular complexity index is 955. The van der Waals surface area contributed by atoms with Crippen LogP contribution in [-0.2, 0) is 4.79 Å².